The van der Waals surface area contributed by atoms with Crippen molar-refractivity contribution in [3.63, 3.8) is 0 Å². The molecule has 0 saturated heterocycles. The summed E-state index contributed by atoms with van der Waals surface area (Å²) in [7, 11) is 0. The molecular weight excluding hydrogens is 522 g/mol. The molecule has 1 unspecified atom stereocenters. The van der Waals surface area contributed by atoms with Gasteiger partial charge in [0.2, 0.25) is 0 Å². The van der Waals surface area contributed by atoms with Crippen molar-refractivity contribution in [2.45, 2.75) is 26.2 Å². The molecule has 0 amide bonds. The molecule has 3 heterocycles. The van der Waals surface area contributed by atoms with E-state index in [0.29, 0.717) is 5.92 Å². The lowest BCUT2D eigenvalue weighted by Gasteiger charge is -2.20. The second kappa shape index (κ2) is 12.0. The summed E-state index contributed by atoms with van der Waals surface area (Å²) in [6.07, 6.45) is 9.95. The van der Waals surface area contributed by atoms with Crippen LogP contribution in [0.25, 0.3) is 61.7 Å². The van der Waals surface area contributed by atoms with Gasteiger partial charge >= 0.3 is 0 Å². The van der Waals surface area contributed by atoms with E-state index in [9.17, 15) is 0 Å². The van der Waals surface area contributed by atoms with Crippen LogP contribution in [0.5, 0.6) is 0 Å². The first-order valence-corrected chi connectivity index (χ1v) is 15.1. The molecule has 0 bridgehead atoms. The zero-order valence-corrected chi connectivity index (χ0v) is 24.3. The summed E-state index contributed by atoms with van der Waals surface area (Å²) in [5, 5.41) is 0. The highest BCUT2D eigenvalue weighted by molar-refractivity contribution is 5.83. The Balaban J connectivity index is 1.38. The van der Waals surface area contributed by atoms with Crippen molar-refractivity contribution in [3.8, 4) is 56.2 Å². The summed E-state index contributed by atoms with van der Waals surface area (Å²) < 4.78 is 0. The smallest absolute Gasteiger partial charge is 0.0715 e. The molecule has 6 aromatic rings. The summed E-state index contributed by atoms with van der Waals surface area (Å²) >= 11 is 0. The van der Waals surface area contributed by atoms with Crippen LogP contribution in [0.2, 0.25) is 0 Å². The van der Waals surface area contributed by atoms with Crippen LogP contribution in [0.3, 0.4) is 0 Å². The molecule has 208 valence electrons. The average molecular weight is 556 g/mol. The lowest BCUT2D eigenvalue weighted by atomic mass is 9.85. The highest BCUT2D eigenvalue weighted by atomic mass is 14.7. The molecule has 1 aliphatic rings. The molecule has 7 rings (SSSR count). The predicted octanol–water partition coefficient (Wildman–Crippen LogP) is 10.4. The van der Waals surface area contributed by atoms with Gasteiger partial charge in [0.15, 0.2) is 0 Å². The number of aromatic nitrogens is 3. The minimum absolute atomic E-state index is 0.574. The Bertz CT molecular complexity index is 1820. The highest BCUT2D eigenvalue weighted by Gasteiger charge is 2.16. The van der Waals surface area contributed by atoms with Crippen LogP contribution in [0.1, 0.15) is 31.7 Å². The summed E-state index contributed by atoms with van der Waals surface area (Å²) in [5.41, 5.74) is 12.9. The van der Waals surface area contributed by atoms with E-state index >= 15 is 0 Å². The van der Waals surface area contributed by atoms with E-state index in [1.165, 1.54) is 24.0 Å². The van der Waals surface area contributed by atoms with Crippen LogP contribution >= 0.6 is 0 Å². The lowest BCUT2D eigenvalue weighted by Crippen LogP contribution is -2.04. The molecule has 3 aromatic carbocycles. The normalized spacial score (nSPS) is 14.7. The van der Waals surface area contributed by atoms with Crippen molar-refractivity contribution in [2.75, 3.05) is 0 Å². The van der Waals surface area contributed by atoms with Gasteiger partial charge in [0, 0.05) is 34.6 Å². The maximum Gasteiger partial charge on any atom is 0.0715 e. The van der Waals surface area contributed by atoms with Gasteiger partial charge in [-0.2, -0.15) is 0 Å². The molecule has 0 saturated carbocycles. The fraction of sp³-hybridized carbons (Fsp3) is 0.125. The number of nitrogens with zero attached hydrogens (tertiary/aromatic N) is 3. The molecule has 1 aliphatic carbocycles. The molecule has 0 N–H and O–H groups in total. The van der Waals surface area contributed by atoms with Crippen molar-refractivity contribution < 1.29 is 0 Å². The fourth-order valence-electron chi connectivity index (χ4n) is 6.01. The van der Waals surface area contributed by atoms with Crippen molar-refractivity contribution in [1.29, 1.82) is 0 Å². The first kappa shape index (κ1) is 26.7. The van der Waals surface area contributed by atoms with Gasteiger partial charge in [-0.3, -0.25) is 9.97 Å². The standard InChI is InChI=1S/C40H33N3/c1-28-12-8-9-17-36(28)31-19-20-38(42-27-31)35-23-32(22-34(24-35)37-18-10-11-21-41-37)33-25-39(29-13-4-2-5-14-29)43-40(26-33)30-15-6-3-7-16-30/h2-7,10-11,13-28H,8-9,12H2,1H3. The van der Waals surface area contributed by atoms with Crippen molar-refractivity contribution >= 4 is 5.57 Å². The summed E-state index contributed by atoms with van der Waals surface area (Å²) in [6.45, 7) is 2.32. The third-order valence-corrected chi connectivity index (χ3v) is 8.32. The van der Waals surface area contributed by atoms with Gasteiger partial charge in [-0.15, -0.1) is 0 Å². The Kier molecular flexibility index (Phi) is 7.45. The van der Waals surface area contributed by atoms with Crippen molar-refractivity contribution in [3.05, 3.63) is 145 Å². The number of hydrogen-bond acceptors (Lipinski definition) is 3. The number of benzene rings is 3. The van der Waals surface area contributed by atoms with Gasteiger partial charge in [-0.1, -0.05) is 85.8 Å². The van der Waals surface area contributed by atoms with E-state index in [0.717, 1.165) is 62.6 Å². The van der Waals surface area contributed by atoms with E-state index in [1.54, 1.807) is 0 Å². The fourth-order valence-corrected chi connectivity index (χ4v) is 6.01. The summed E-state index contributed by atoms with van der Waals surface area (Å²) in [6, 6.07) is 42.3. The van der Waals surface area contributed by atoms with Gasteiger partial charge in [0.1, 0.15) is 0 Å². The molecule has 3 heteroatoms. The number of rotatable bonds is 6. The number of hydrogen-bond donors (Lipinski definition) is 0. The highest BCUT2D eigenvalue weighted by Crippen LogP contribution is 2.36. The first-order valence-electron chi connectivity index (χ1n) is 15.1. The molecule has 0 radical (unpaired) electrons. The zero-order valence-electron chi connectivity index (χ0n) is 24.3. The van der Waals surface area contributed by atoms with E-state index in [-0.39, 0.29) is 0 Å². The van der Waals surface area contributed by atoms with Gasteiger partial charge < -0.3 is 0 Å². The Labute approximate surface area is 253 Å². The first-order chi connectivity index (χ1) is 21.2. The van der Waals surface area contributed by atoms with Crippen LogP contribution in [0.4, 0.5) is 0 Å². The molecule has 1 atom stereocenters. The lowest BCUT2D eigenvalue weighted by molar-refractivity contribution is 0.601. The Morgan fingerprint density at radius 3 is 1.70 bits per heavy atom. The zero-order chi connectivity index (χ0) is 29.0. The molecule has 0 fully saturated rings. The Morgan fingerprint density at radius 2 is 1.12 bits per heavy atom. The molecule has 0 aliphatic heterocycles. The van der Waals surface area contributed by atoms with Crippen LogP contribution in [0.15, 0.2) is 140 Å². The maximum atomic E-state index is 5.09. The largest absolute Gasteiger partial charge is 0.256 e. The third-order valence-electron chi connectivity index (χ3n) is 8.32. The van der Waals surface area contributed by atoms with Crippen LogP contribution in [0, 0.1) is 5.92 Å². The Hall–Kier alpha value is -5.15. The van der Waals surface area contributed by atoms with Gasteiger partial charge in [0.25, 0.3) is 0 Å². The second-order valence-electron chi connectivity index (χ2n) is 11.3. The van der Waals surface area contributed by atoms with E-state index < -0.39 is 0 Å². The number of pyridine rings is 3. The van der Waals surface area contributed by atoms with Gasteiger partial charge in [0.05, 0.1) is 22.8 Å². The topological polar surface area (TPSA) is 38.7 Å². The maximum absolute atomic E-state index is 5.09. The predicted molar refractivity (Wildman–Crippen MR) is 178 cm³/mol. The minimum atomic E-state index is 0.574. The van der Waals surface area contributed by atoms with Crippen molar-refractivity contribution in [2.24, 2.45) is 5.92 Å². The van der Waals surface area contributed by atoms with Crippen LogP contribution in [-0.2, 0) is 0 Å². The molecule has 3 nitrogen and oxygen atoms in total. The number of allylic oxidation sites excluding steroid dienone is 2. The molecule has 3 aromatic heterocycles. The minimum Gasteiger partial charge on any atom is -0.256 e. The second-order valence-corrected chi connectivity index (χ2v) is 11.3. The van der Waals surface area contributed by atoms with E-state index in [1.807, 2.05) is 36.7 Å². The molecule has 0 spiro atoms. The van der Waals surface area contributed by atoms with Gasteiger partial charge in [-0.05, 0) is 96.0 Å². The average Bonchev–Trinajstić information content (AvgIpc) is 3.09. The Morgan fingerprint density at radius 1 is 0.512 bits per heavy atom. The summed E-state index contributed by atoms with van der Waals surface area (Å²) in [5.74, 6) is 0.574. The molecular formula is C40H33N3. The van der Waals surface area contributed by atoms with Gasteiger partial charge in [-0.25, -0.2) is 4.98 Å². The summed E-state index contributed by atoms with van der Waals surface area (Å²) in [4.78, 5) is 14.8. The third kappa shape index (κ3) is 5.80. The SMILES string of the molecule is CC1CCCC=C1c1ccc(-c2cc(-c3cc(-c4ccccc4)nc(-c4ccccc4)c3)cc(-c3ccccn3)c2)nc1. The van der Waals surface area contributed by atoms with E-state index in [4.69, 9.17) is 15.0 Å². The monoisotopic (exact) mass is 555 g/mol. The quantitative estimate of drug-likeness (QED) is 0.205. The van der Waals surface area contributed by atoms with Crippen LogP contribution in [-0.4, -0.2) is 15.0 Å². The van der Waals surface area contributed by atoms with Crippen LogP contribution < -0.4 is 0 Å². The molecule has 43 heavy (non-hydrogen) atoms. The van der Waals surface area contributed by atoms with Crippen molar-refractivity contribution in [1.82, 2.24) is 15.0 Å². The van der Waals surface area contributed by atoms with E-state index in [2.05, 4.69) is 110 Å².